The number of rotatable bonds is 17. The number of aryl methyl sites for hydroxylation is 2. The zero-order chi connectivity index (χ0) is 19.0. The summed E-state index contributed by atoms with van der Waals surface area (Å²) in [7, 11) is 0. The zero-order valence-corrected chi connectivity index (χ0v) is 17.9. The third-order valence-electron chi connectivity index (χ3n) is 5.37. The minimum absolute atomic E-state index is 0.0301. The largest absolute Gasteiger partial charge is 0.319 e. The number of nitrogens with zero attached hydrogens (tertiary/aromatic N) is 2. The molecule has 1 aromatic heterocycles. The number of nitrogens with two attached hydrogens (primary N) is 1. The molecule has 0 amide bonds. The predicted octanol–water partition coefficient (Wildman–Crippen LogP) is 7.08. The molecule has 1 heterocycles. The van der Waals surface area contributed by atoms with E-state index < -0.39 is 0 Å². The van der Waals surface area contributed by atoms with E-state index in [0.29, 0.717) is 0 Å². The van der Waals surface area contributed by atoms with Gasteiger partial charge in [0.1, 0.15) is 5.82 Å². The van der Waals surface area contributed by atoms with Crippen molar-refractivity contribution in [3.63, 3.8) is 0 Å². The Hall–Kier alpha value is -0.830. The first-order chi connectivity index (χ1) is 12.6. The maximum absolute atomic E-state index is 6.01. The summed E-state index contributed by atoms with van der Waals surface area (Å²) in [5.74, 6) is 1.16. The summed E-state index contributed by atoms with van der Waals surface area (Å²) in [6.45, 7) is 6.37. The van der Waals surface area contributed by atoms with Crippen molar-refractivity contribution in [2.45, 2.75) is 130 Å². The van der Waals surface area contributed by atoms with Crippen molar-refractivity contribution in [2.75, 3.05) is 0 Å². The zero-order valence-electron chi connectivity index (χ0n) is 17.9. The summed E-state index contributed by atoms with van der Waals surface area (Å²) in [4.78, 5) is 4.62. The van der Waals surface area contributed by atoms with E-state index in [1.54, 1.807) is 0 Å². The molecule has 0 spiro atoms. The van der Waals surface area contributed by atoms with Gasteiger partial charge in [0.05, 0.1) is 11.9 Å². The highest BCUT2D eigenvalue weighted by atomic mass is 15.1. The molecule has 1 rings (SSSR count). The lowest BCUT2D eigenvalue weighted by atomic mass is 10.0. The molecule has 26 heavy (non-hydrogen) atoms. The maximum atomic E-state index is 6.01. The molecule has 3 heteroatoms. The quantitative estimate of drug-likeness (QED) is 0.300. The molecule has 0 aliphatic rings. The first-order valence-electron chi connectivity index (χ1n) is 11.4. The molecular formula is C23H45N3. The Morgan fingerprint density at radius 2 is 1.23 bits per heavy atom. The summed E-state index contributed by atoms with van der Waals surface area (Å²) >= 11 is 0. The van der Waals surface area contributed by atoms with Crippen molar-refractivity contribution in [3.05, 3.63) is 17.7 Å². The van der Waals surface area contributed by atoms with Gasteiger partial charge in [0.25, 0.3) is 0 Å². The molecule has 0 aromatic carbocycles. The summed E-state index contributed by atoms with van der Waals surface area (Å²) < 4.78 is 2.12. The smallest absolute Gasteiger partial charge is 0.110 e. The van der Waals surface area contributed by atoms with Gasteiger partial charge in [-0.15, -0.1) is 0 Å². The van der Waals surface area contributed by atoms with Crippen LogP contribution in [0.2, 0.25) is 0 Å². The minimum Gasteiger partial charge on any atom is -0.319 e. The normalized spacial score (nSPS) is 12.6. The van der Waals surface area contributed by atoms with Gasteiger partial charge in [-0.05, 0) is 20.3 Å². The molecule has 0 saturated heterocycles. The van der Waals surface area contributed by atoms with E-state index in [1.165, 1.54) is 96.3 Å². The van der Waals surface area contributed by atoms with Gasteiger partial charge < -0.3 is 10.3 Å². The van der Waals surface area contributed by atoms with Crippen LogP contribution in [-0.4, -0.2) is 9.55 Å². The van der Waals surface area contributed by atoms with Gasteiger partial charge in [0.15, 0.2) is 0 Å². The van der Waals surface area contributed by atoms with Crippen molar-refractivity contribution in [1.82, 2.24) is 9.55 Å². The highest BCUT2D eigenvalue weighted by Gasteiger charge is 2.08. The summed E-state index contributed by atoms with van der Waals surface area (Å²) in [6, 6.07) is 0. The van der Waals surface area contributed by atoms with Crippen LogP contribution in [0.15, 0.2) is 6.20 Å². The molecule has 0 saturated carbocycles. The molecule has 0 bridgehead atoms. The lowest BCUT2D eigenvalue weighted by molar-refractivity contribution is 0.518. The molecule has 2 N–H and O–H groups in total. The lowest BCUT2D eigenvalue weighted by Gasteiger charge is -2.11. The second-order valence-electron chi connectivity index (χ2n) is 8.15. The van der Waals surface area contributed by atoms with E-state index in [0.717, 1.165) is 17.9 Å². The van der Waals surface area contributed by atoms with Gasteiger partial charge >= 0.3 is 0 Å². The predicted molar refractivity (Wildman–Crippen MR) is 114 cm³/mol. The fraction of sp³-hybridized carbons (Fsp3) is 0.870. The average Bonchev–Trinajstić information content (AvgIpc) is 2.99. The monoisotopic (exact) mass is 363 g/mol. The van der Waals surface area contributed by atoms with E-state index in [4.69, 9.17) is 5.73 Å². The Morgan fingerprint density at radius 3 is 1.65 bits per heavy atom. The Balaban J connectivity index is 1.87. The van der Waals surface area contributed by atoms with Gasteiger partial charge in [0.2, 0.25) is 0 Å². The van der Waals surface area contributed by atoms with Gasteiger partial charge in [-0.25, -0.2) is 4.98 Å². The Bertz CT molecular complexity index is 437. The van der Waals surface area contributed by atoms with Crippen LogP contribution < -0.4 is 5.73 Å². The van der Waals surface area contributed by atoms with Gasteiger partial charge in [-0.2, -0.15) is 0 Å². The number of imidazole rings is 1. The van der Waals surface area contributed by atoms with Crippen molar-refractivity contribution in [1.29, 1.82) is 0 Å². The molecule has 0 radical (unpaired) electrons. The molecule has 1 aromatic rings. The molecule has 0 fully saturated rings. The van der Waals surface area contributed by atoms with Crippen molar-refractivity contribution in [3.8, 4) is 0 Å². The van der Waals surface area contributed by atoms with Gasteiger partial charge in [-0.1, -0.05) is 96.8 Å². The number of hydrogen-bond acceptors (Lipinski definition) is 2. The van der Waals surface area contributed by atoms with E-state index in [2.05, 4.69) is 29.6 Å². The second kappa shape index (κ2) is 15.2. The molecular weight excluding hydrogens is 318 g/mol. The molecule has 152 valence electrons. The molecule has 3 nitrogen and oxygen atoms in total. The third kappa shape index (κ3) is 11.0. The summed E-state index contributed by atoms with van der Waals surface area (Å²) in [5.41, 5.74) is 7.09. The SMILES string of the molecule is CCCCCCCCCCCCCCCCCc1nc(C)cn1C(C)N. The van der Waals surface area contributed by atoms with Crippen LogP contribution in [0, 0.1) is 6.92 Å². The average molecular weight is 364 g/mol. The Kier molecular flexibility index (Phi) is 13.6. The van der Waals surface area contributed by atoms with Crippen LogP contribution in [0.25, 0.3) is 0 Å². The standard InChI is InChI=1S/C23H45N3/c1-4-5-6-7-8-9-10-11-12-13-14-15-16-17-18-19-23-25-21(2)20-26(23)22(3)24/h20,22H,4-19,24H2,1-3H3. The number of unbranched alkanes of at least 4 members (excludes halogenated alkanes) is 14. The van der Waals surface area contributed by atoms with Crippen molar-refractivity contribution in [2.24, 2.45) is 5.73 Å². The van der Waals surface area contributed by atoms with E-state index in [-0.39, 0.29) is 6.17 Å². The topological polar surface area (TPSA) is 43.8 Å². The van der Waals surface area contributed by atoms with Crippen molar-refractivity contribution < 1.29 is 0 Å². The van der Waals surface area contributed by atoms with Gasteiger partial charge in [0, 0.05) is 12.6 Å². The first kappa shape index (κ1) is 23.2. The molecule has 1 unspecified atom stereocenters. The van der Waals surface area contributed by atoms with E-state index in [9.17, 15) is 0 Å². The van der Waals surface area contributed by atoms with E-state index in [1.807, 2.05) is 6.92 Å². The maximum Gasteiger partial charge on any atom is 0.110 e. The third-order valence-corrected chi connectivity index (χ3v) is 5.37. The second-order valence-corrected chi connectivity index (χ2v) is 8.15. The van der Waals surface area contributed by atoms with Crippen LogP contribution in [0.1, 0.15) is 128 Å². The van der Waals surface area contributed by atoms with Crippen LogP contribution in [0.4, 0.5) is 0 Å². The van der Waals surface area contributed by atoms with Crippen LogP contribution >= 0.6 is 0 Å². The molecule has 1 atom stereocenters. The van der Waals surface area contributed by atoms with E-state index >= 15 is 0 Å². The number of hydrogen-bond donors (Lipinski definition) is 1. The van der Waals surface area contributed by atoms with Crippen molar-refractivity contribution >= 4 is 0 Å². The highest BCUT2D eigenvalue weighted by Crippen LogP contribution is 2.15. The molecule has 0 aliphatic carbocycles. The lowest BCUT2D eigenvalue weighted by Crippen LogP contribution is -2.16. The van der Waals surface area contributed by atoms with Crippen LogP contribution in [-0.2, 0) is 6.42 Å². The van der Waals surface area contributed by atoms with Gasteiger partial charge in [-0.3, -0.25) is 0 Å². The Labute approximate surface area is 163 Å². The fourth-order valence-electron chi connectivity index (χ4n) is 3.76. The Morgan fingerprint density at radius 1 is 0.808 bits per heavy atom. The molecule has 0 aliphatic heterocycles. The summed E-state index contributed by atoms with van der Waals surface area (Å²) in [5, 5.41) is 0. The minimum atomic E-state index is 0.0301. The number of aromatic nitrogens is 2. The van der Waals surface area contributed by atoms with Crippen LogP contribution in [0.3, 0.4) is 0 Å². The van der Waals surface area contributed by atoms with Crippen LogP contribution in [0.5, 0.6) is 0 Å². The fourth-order valence-corrected chi connectivity index (χ4v) is 3.76. The first-order valence-corrected chi connectivity index (χ1v) is 11.4. The highest BCUT2D eigenvalue weighted by molar-refractivity contribution is 5.03. The summed E-state index contributed by atoms with van der Waals surface area (Å²) in [6.07, 6.45) is 24.3.